The van der Waals surface area contributed by atoms with Crippen LogP contribution in [0.1, 0.15) is 24.7 Å². The van der Waals surface area contributed by atoms with E-state index in [-0.39, 0.29) is 6.04 Å². The molecule has 6 nitrogen and oxygen atoms in total. The van der Waals surface area contributed by atoms with E-state index in [0.717, 1.165) is 42.0 Å². The molecule has 1 atom stereocenters. The topological polar surface area (TPSA) is 69.2 Å². The van der Waals surface area contributed by atoms with Gasteiger partial charge in [-0.2, -0.15) is 10.1 Å². The Hall–Kier alpha value is -1.60. The lowest BCUT2D eigenvalue weighted by atomic mass is 10.2. The normalized spacial score (nSPS) is 18.7. The number of anilines is 1. The molecule has 1 saturated heterocycles. The second kappa shape index (κ2) is 6.66. The fourth-order valence-corrected chi connectivity index (χ4v) is 3.18. The molecule has 1 aliphatic rings. The Balaban J connectivity index is 1.59. The number of benzene rings is 1. The summed E-state index contributed by atoms with van der Waals surface area (Å²) in [7, 11) is 1.82. The van der Waals surface area contributed by atoms with Crippen LogP contribution >= 0.6 is 15.9 Å². The first-order valence-electron chi connectivity index (χ1n) is 7.43. The number of hydrogen-bond donors (Lipinski definition) is 1. The average Bonchev–Trinajstić information content (AvgIpc) is 3.08. The monoisotopic (exact) mass is 365 g/mol. The first-order valence-corrected chi connectivity index (χ1v) is 8.22. The van der Waals surface area contributed by atoms with Gasteiger partial charge < -0.3 is 10.5 Å². The maximum atomic E-state index is 5.85. The number of aryl methyl sites for hydroxylation is 1. The molecule has 0 amide bonds. The van der Waals surface area contributed by atoms with Crippen LogP contribution in [0.4, 0.5) is 5.95 Å². The molecule has 2 heterocycles. The number of likely N-dealkylation sites (tertiary alicyclic amines) is 1. The second-order valence-corrected chi connectivity index (χ2v) is 6.28. The van der Waals surface area contributed by atoms with Crippen LogP contribution in [0.5, 0.6) is 5.75 Å². The summed E-state index contributed by atoms with van der Waals surface area (Å²) in [6.07, 6.45) is 2.22. The summed E-state index contributed by atoms with van der Waals surface area (Å²) in [5, 5.41) is 4.41. The van der Waals surface area contributed by atoms with Crippen molar-refractivity contribution in [2.24, 2.45) is 7.05 Å². The van der Waals surface area contributed by atoms with Gasteiger partial charge >= 0.3 is 0 Å². The van der Waals surface area contributed by atoms with Crippen molar-refractivity contribution in [3.05, 3.63) is 34.6 Å². The van der Waals surface area contributed by atoms with E-state index in [2.05, 4.69) is 30.9 Å². The molecule has 1 fully saturated rings. The third-order valence-electron chi connectivity index (χ3n) is 3.95. The number of hydrogen-bond acceptors (Lipinski definition) is 5. The Kier molecular flexibility index (Phi) is 4.63. The van der Waals surface area contributed by atoms with Gasteiger partial charge in [0.25, 0.3) is 0 Å². The largest absolute Gasteiger partial charge is 0.491 e. The lowest BCUT2D eigenvalue weighted by Gasteiger charge is -2.22. The number of halogens is 1. The number of ether oxygens (including phenoxy) is 1. The van der Waals surface area contributed by atoms with E-state index in [4.69, 9.17) is 10.5 Å². The van der Waals surface area contributed by atoms with Crippen molar-refractivity contribution in [3.8, 4) is 5.75 Å². The maximum Gasteiger partial charge on any atom is 0.218 e. The predicted octanol–water partition coefficient (Wildman–Crippen LogP) is 2.38. The van der Waals surface area contributed by atoms with Gasteiger partial charge in [-0.15, -0.1) is 0 Å². The van der Waals surface area contributed by atoms with Crippen LogP contribution in [-0.2, 0) is 7.05 Å². The van der Waals surface area contributed by atoms with Crippen LogP contribution in [0.3, 0.4) is 0 Å². The lowest BCUT2D eigenvalue weighted by Crippen LogP contribution is -2.28. The number of nitrogens with zero attached hydrogens (tertiary/aromatic N) is 4. The smallest absolute Gasteiger partial charge is 0.218 e. The molecule has 0 aliphatic carbocycles. The van der Waals surface area contributed by atoms with E-state index in [1.807, 2.05) is 31.3 Å². The summed E-state index contributed by atoms with van der Waals surface area (Å²) in [5.41, 5.74) is 5.79. The van der Waals surface area contributed by atoms with Crippen molar-refractivity contribution in [3.63, 3.8) is 0 Å². The van der Waals surface area contributed by atoms with Gasteiger partial charge in [0, 0.05) is 13.6 Å². The number of nitrogens with two attached hydrogens (primary N) is 1. The molecular formula is C15H20BrN5O. The summed E-state index contributed by atoms with van der Waals surface area (Å²) in [5.74, 6) is 2.16. The number of rotatable bonds is 5. The Morgan fingerprint density at radius 1 is 1.41 bits per heavy atom. The molecule has 0 spiro atoms. The fraction of sp³-hybridized carbons (Fsp3) is 0.467. The highest BCUT2D eigenvalue weighted by atomic mass is 79.9. The Bertz CT molecular complexity index is 625. The second-order valence-electron chi connectivity index (χ2n) is 5.42. The zero-order valence-electron chi connectivity index (χ0n) is 12.6. The molecule has 7 heteroatoms. The molecule has 1 aliphatic heterocycles. The highest BCUT2D eigenvalue weighted by Gasteiger charge is 2.29. The molecule has 2 aromatic rings. The van der Waals surface area contributed by atoms with Crippen LogP contribution in [0.25, 0.3) is 0 Å². The van der Waals surface area contributed by atoms with Crippen molar-refractivity contribution in [1.29, 1.82) is 0 Å². The summed E-state index contributed by atoms with van der Waals surface area (Å²) in [6.45, 7) is 2.54. The molecule has 3 rings (SSSR count). The molecule has 22 heavy (non-hydrogen) atoms. The van der Waals surface area contributed by atoms with Gasteiger partial charge in [0.1, 0.15) is 12.4 Å². The Labute approximate surface area is 138 Å². The fourth-order valence-electron chi connectivity index (χ4n) is 2.78. The van der Waals surface area contributed by atoms with Crippen LogP contribution in [0.2, 0.25) is 0 Å². The lowest BCUT2D eigenvalue weighted by molar-refractivity contribution is 0.192. The SMILES string of the molecule is Cn1nc([C@@H]2CCCN2CCOc2ccccc2Br)nc1N. The predicted molar refractivity (Wildman–Crippen MR) is 88.6 cm³/mol. The molecule has 1 aromatic carbocycles. The Morgan fingerprint density at radius 2 is 2.23 bits per heavy atom. The minimum Gasteiger partial charge on any atom is -0.491 e. The number of aromatic nitrogens is 3. The van der Waals surface area contributed by atoms with E-state index >= 15 is 0 Å². The first kappa shape index (κ1) is 15.3. The summed E-state index contributed by atoms with van der Waals surface area (Å²) < 4.78 is 8.46. The number of nitrogen functional groups attached to an aromatic ring is 1. The number of para-hydroxylation sites is 1. The summed E-state index contributed by atoms with van der Waals surface area (Å²) in [4.78, 5) is 6.73. The van der Waals surface area contributed by atoms with Gasteiger partial charge in [-0.05, 0) is 47.4 Å². The zero-order valence-corrected chi connectivity index (χ0v) is 14.2. The van der Waals surface area contributed by atoms with Gasteiger partial charge in [-0.1, -0.05) is 12.1 Å². The van der Waals surface area contributed by atoms with Gasteiger partial charge in [0.05, 0.1) is 10.5 Å². The van der Waals surface area contributed by atoms with Crippen molar-refractivity contribution in [1.82, 2.24) is 19.7 Å². The van der Waals surface area contributed by atoms with Gasteiger partial charge in [0.15, 0.2) is 5.82 Å². The van der Waals surface area contributed by atoms with Crippen molar-refractivity contribution in [2.45, 2.75) is 18.9 Å². The highest BCUT2D eigenvalue weighted by molar-refractivity contribution is 9.10. The van der Waals surface area contributed by atoms with Gasteiger partial charge in [0.2, 0.25) is 5.95 Å². The molecule has 0 saturated carbocycles. The van der Waals surface area contributed by atoms with Crippen LogP contribution in [0, 0.1) is 0 Å². The van der Waals surface area contributed by atoms with E-state index in [1.54, 1.807) is 4.68 Å². The van der Waals surface area contributed by atoms with E-state index < -0.39 is 0 Å². The van der Waals surface area contributed by atoms with Crippen molar-refractivity contribution in [2.75, 3.05) is 25.4 Å². The highest BCUT2D eigenvalue weighted by Crippen LogP contribution is 2.30. The molecule has 0 unspecified atom stereocenters. The molecule has 0 bridgehead atoms. The average molecular weight is 366 g/mol. The molecule has 2 N–H and O–H groups in total. The zero-order chi connectivity index (χ0) is 15.5. The minimum atomic E-state index is 0.242. The quantitative estimate of drug-likeness (QED) is 0.880. The van der Waals surface area contributed by atoms with E-state index in [9.17, 15) is 0 Å². The minimum absolute atomic E-state index is 0.242. The first-order chi connectivity index (χ1) is 10.6. The molecule has 0 radical (unpaired) electrons. The molecular weight excluding hydrogens is 346 g/mol. The standard InChI is InChI=1S/C15H20BrN5O/c1-20-15(17)18-14(19-20)12-6-4-8-21(12)9-10-22-13-7-3-2-5-11(13)16/h2-3,5,7,12H,4,6,8-10H2,1H3,(H2,17,18,19)/t12-/m0/s1. The van der Waals surface area contributed by atoms with Crippen LogP contribution in [-0.4, -0.2) is 39.4 Å². The molecule has 118 valence electrons. The van der Waals surface area contributed by atoms with E-state index in [0.29, 0.717) is 12.6 Å². The third kappa shape index (κ3) is 3.25. The van der Waals surface area contributed by atoms with Crippen LogP contribution in [0.15, 0.2) is 28.7 Å². The van der Waals surface area contributed by atoms with E-state index in [1.165, 1.54) is 0 Å². The van der Waals surface area contributed by atoms with Gasteiger partial charge in [-0.3, -0.25) is 4.90 Å². The Morgan fingerprint density at radius 3 is 2.95 bits per heavy atom. The van der Waals surface area contributed by atoms with Crippen molar-refractivity contribution < 1.29 is 4.74 Å². The maximum absolute atomic E-state index is 5.85. The van der Waals surface area contributed by atoms with Crippen LogP contribution < -0.4 is 10.5 Å². The molecule has 1 aromatic heterocycles. The third-order valence-corrected chi connectivity index (χ3v) is 4.60. The summed E-state index contributed by atoms with van der Waals surface area (Å²) >= 11 is 3.49. The van der Waals surface area contributed by atoms with Gasteiger partial charge in [-0.25, -0.2) is 4.68 Å². The summed E-state index contributed by atoms with van der Waals surface area (Å²) in [6, 6.07) is 8.14. The van der Waals surface area contributed by atoms with Crippen molar-refractivity contribution >= 4 is 21.9 Å².